The summed E-state index contributed by atoms with van der Waals surface area (Å²) in [5.74, 6) is -1.56. The molecule has 0 saturated heterocycles. The number of amides is 3. The number of halogens is 1. The molecule has 0 aliphatic rings. The Morgan fingerprint density at radius 3 is 2.52 bits per heavy atom. The van der Waals surface area contributed by atoms with Crippen molar-refractivity contribution in [3.05, 3.63) is 28.8 Å². The molecule has 0 heterocycles. The second-order valence-corrected chi connectivity index (χ2v) is 4.96. The zero-order valence-corrected chi connectivity index (χ0v) is 12.3. The van der Waals surface area contributed by atoms with Gasteiger partial charge in [0.2, 0.25) is 5.91 Å². The molecule has 0 saturated carbocycles. The number of hydrogen-bond donors (Lipinski definition) is 4. The summed E-state index contributed by atoms with van der Waals surface area (Å²) in [5.41, 5.74) is -0.0436. The first-order valence-electron chi connectivity index (χ1n) is 6.16. The number of carboxylic acids is 1. The first-order chi connectivity index (χ1) is 9.79. The molecule has 1 aromatic rings. The van der Waals surface area contributed by atoms with Crippen LogP contribution in [0.3, 0.4) is 0 Å². The van der Waals surface area contributed by atoms with Gasteiger partial charge in [-0.1, -0.05) is 11.6 Å². The molecule has 114 valence electrons. The number of anilines is 1. The third-order valence-electron chi connectivity index (χ3n) is 2.32. The summed E-state index contributed by atoms with van der Waals surface area (Å²) < 4.78 is 0. The summed E-state index contributed by atoms with van der Waals surface area (Å²) in [6.07, 6.45) is 0. The molecule has 0 fully saturated rings. The zero-order chi connectivity index (χ0) is 16.0. The lowest BCUT2D eigenvalue weighted by atomic mass is 10.2. The number of urea groups is 1. The van der Waals surface area contributed by atoms with Crippen LogP contribution in [0.5, 0.6) is 0 Å². The van der Waals surface area contributed by atoms with E-state index in [1.54, 1.807) is 13.8 Å². The number of carbonyl (C=O) groups is 3. The summed E-state index contributed by atoms with van der Waals surface area (Å²) in [7, 11) is 0. The van der Waals surface area contributed by atoms with Crippen LogP contribution in [0.4, 0.5) is 10.5 Å². The lowest BCUT2D eigenvalue weighted by molar-refractivity contribution is -0.120. The van der Waals surface area contributed by atoms with Crippen molar-refractivity contribution in [1.29, 1.82) is 0 Å². The van der Waals surface area contributed by atoms with Crippen molar-refractivity contribution in [2.75, 3.05) is 11.9 Å². The second kappa shape index (κ2) is 7.49. The summed E-state index contributed by atoms with van der Waals surface area (Å²) in [6, 6.07) is 3.34. The quantitative estimate of drug-likeness (QED) is 0.663. The number of aromatic carboxylic acids is 1. The molecular formula is C13H16ClN3O4. The third-order valence-corrected chi connectivity index (χ3v) is 2.55. The van der Waals surface area contributed by atoms with Gasteiger partial charge >= 0.3 is 12.0 Å². The molecule has 0 aliphatic carbocycles. The van der Waals surface area contributed by atoms with Crippen LogP contribution in [0.2, 0.25) is 5.02 Å². The number of rotatable bonds is 5. The molecular weight excluding hydrogens is 298 g/mol. The van der Waals surface area contributed by atoms with E-state index in [0.29, 0.717) is 0 Å². The first-order valence-corrected chi connectivity index (χ1v) is 6.54. The van der Waals surface area contributed by atoms with Crippen LogP contribution in [0.15, 0.2) is 18.2 Å². The Morgan fingerprint density at radius 2 is 1.95 bits per heavy atom. The normalized spacial score (nSPS) is 10.1. The smallest absolute Gasteiger partial charge is 0.337 e. The van der Waals surface area contributed by atoms with Crippen molar-refractivity contribution in [3.8, 4) is 0 Å². The minimum atomic E-state index is -1.22. The van der Waals surface area contributed by atoms with Crippen molar-refractivity contribution in [1.82, 2.24) is 10.6 Å². The Bertz CT molecular complexity index is 560. The Morgan fingerprint density at radius 1 is 1.29 bits per heavy atom. The van der Waals surface area contributed by atoms with E-state index >= 15 is 0 Å². The molecule has 0 aliphatic heterocycles. The molecule has 7 nitrogen and oxygen atoms in total. The average Bonchev–Trinajstić information content (AvgIpc) is 2.37. The van der Waals surface area contributed by atoms with Gasteiger partial charge in [0.05, 0.1) is 17.8 Å². The second-order valence-electron chi connectivity index (χ2n) is 4.52. The highest BCUT2D eigenvalue weighted by molar-refractivity contribution is 6.31. The van der Waals surface area contributed by atoms with E-state index in [2.05, 4.69) is 16.0 Å². The largest absolute Gasteiger partial charge is 0.478 e. The SMILES string of the molecule is CC(C)NC(=O)CNC(=O)Nc1ccc(Cl)cc1C(=O)O. The predicted octanol–water partition coefficient (Wildman–Crippen LogP) is 1.68. The maximum absolute atomic E-state index is 11.6. The Balaban J connectivity index is 2.63. The summed E-state index contributed by atoms with van der Waals surface area (Å²) >= 11 is 5.70. The fourth-order valence-corrected chi connectivity index (χ4v) is 1.67. The Kier molecular flexibility index (Phi) is 5.98. The van der Waals surface area contributed by atoms with Crippen LogP contribution >= 0.6 is 11.6 Å². The van der Waals surface area contributed by atoms with Gasteiger partial charge in [-0.3, -0.25) is 4.79 Å². The van der Waals surface area contributed by atoms with E-state index < -0.39 is 12.0 Å². The molecule has 0 unspecified atom stereocenters. The highest BCUT2D eigenvalue weighted by Gasteiger charge is 2.13. The molecule has 0 spiro atoms. The molecule has 4 N–H and O–H groups in total. The summed E-state index contributed by atoms with van der Waals surface area (Å²) in [4.78, 5) is 34.0. The number of hydrogen-bond acceptors (Lipinski definition) is 3. The molecule has 0 atom stereocenters. The van der Waals surface area contributed by atoms with Crippen LogP contribution in [-0.2, 0) is 4.79 Å². The van der Waals surface area contributed by atoms with E-state index in [0.717, 1.165) is 0 Å². The number of nitrogens with one attached hydrogen (secondary N) is 3. The van der Waals surface area contributed by atoms with Crippen molar-refractivity contribution < 1.29 is 19.5 Å². The first kappa shape index (κ1) is 16.8. The van der Waals surface area contributed by atoms with Gasteiger partial charge in [-0.25, -0.2) is 9.59 Å². The van der Waals surface area contributed by atoms with E-state index in [1.165, 1.54) is 18.2 Å². The van der Waals surface area contributed by atoms with Crippen molar-refractivity contribution in [2.45, 2.75) is 19.9 Å². The van der Waals surface area contributed by atoms with E-state index in [-0.39, 0.29) is 34.8 Å². The van der Waals surface area contributed by atoms with E-state index in [9.17, 15) is 14.4 Å². The van der Waals surface area contributed by atoms with Crippen molar-refractivity contribution in [2.24, 2.45) is 0 Å². The topological polar surface area (TPSA) is 108 Å². The number of carboxylic acid groups (broad SMARTS) is 1. The molecule has 8 heteroatoms. The third kappa shape index (κ3) is 5.70. The molecule has 1 rings (SSSR count). The standard InChI is InChI=1S/C13H16ClN3O4/c1-7(2)16-11(18)6-15-13(21)17-10-4-3-8(14)5-9(10)12(19)20/h3-5,7H,6H2,1-2H3,(H,16,18)(H,19,20)(H2,15,17,21). The molecule has 0 bridgehead atoms. The maximum Gasteiger partial charge on any atom is 0.337 e. The van der Waals surface area contributed by atoms with Crippen LogP contribution in [0, 0.1) is 0 Å². The van der Waals surface area contributed by atoms with Crippen LogP contribution in [-0.4, -0.2) is 35.6 Å². The fraction of sp³-hybridized carbons (Fsp3) is 0.308. The lowest BCUT2D eigenvalue weighted by Gasteiger charge is -2.11. The summed E-state index contributed by atoms with van der Waals surface area (Å²) in [5, 5.41) is 16.6. The van der Waals surface area contributed by atoms with Gasteiger partial charge in [0.15, 0.2) is 0 Å². The molecule has 1 aromatic carbocycles. The fourth-order valence-electron chi connectivity index (χ4n) is 1.50. The number of benzene rings is 1. The van der Waals surface area contributed by atoms with Crippen LogP contribution in [0.1, 0.15) is 24.2 Å². The molecule has 3 amide bonds. The van der Waals surface area contributed by atoms with Crippen LogP contribution < -0.4 is 16.0 Å². The van der Waals surface area contributed by atoms with Gasteiger partial charge in [-0.15, -0.1) is 0 Å². The Hall–Kier alpha value is -2.28. The minimum absolute atomic E-state index is 0.0303. The number of carbonyl (C=O) groups excluding carboxylic acids is 2. The van der Waals surface area contributed by atoms with Crippen molar-refractivity contribution in [3.63, 3.8) is 0 Å². The van der Waals surface area contributed by atoms with Gasteiger partial charge in [-0.2, -0.15) is 0 Å². The highest BCUT2D eigenvalue weighted by atomic mass is 35.5. The molecule has 0 radical (unpaired) electrons. The summed E-state index contributed by atoms with van der Waals surface area (Å²) in [6.45, 7) is 3.38. The van der Waals surface area contributed by atoms with Gasteiger partial charge in [0, 0.05) is 11.1 Å². The van der Waals surface area contributed by atoms with Gasteiger partial charge < -0.3 is 21.1 Å². The highest BCUT2D eigenvalue weighted by Crippen LogP contribution is 2.20. The van der Waals surface area contributed by atoms with E-state index in [1.807, 2.05) is 0 Å². The van der Waals surface area contributed by atoms with Crippen LogP contribution in [0.25, 0.3) is 0 Å². The molecule has 21 heavy (non-hydrogen) atoms. The van der Waals surface area contributed by atoms with Crippen molar-refractivity contribution >= 4 is 35.2 Å². The minimum Gasteiger partial charge on any atom is -0.478 e. The molecule has 0 aromatic heterocycles. The predicted molar refractivity (Wildman–Crippen MR) is 78.7 cm³/mol. The van der Waals surface area contributed by atoms with E-state index in [4.69, 9.17) is 16.7 Å². The average molecular weight is 314 g/mol. The monoisotopic (exact) mass is 313 g/mol. The zero-order valence-electron chi connectivity index (χ0n) is 11.6. The maximum atomic E-state index is 11.6. The van der Waals surface area contributed by atoms with Gasteiger partial charge in [0.25, 0.3) is 0 Å². The lowest BCUT2D eigenvalue weighted by Crippen LogP contribution is -2.41. The Labute approximate surface area is 126 Å². The van der Waals surface area contributed by atoms with Gasteiger partial charge in [-0.05, 0) is 32.0 Å². The van der Waals surface area contributed by atoms with Gasteiger partial charge in [0.1, 0.15) is 0 Å².